The van der Waals surface area contributed by atoms with Gasteiger partial charge in [-0.25, -0.2) is 4.98 Å². The van der Waals surface area contributed by atoms with Gasteiger partial charge in [0.15, 0.2) is 0 Å². The first-order chi connectivity index (χ1) is 8.04. The molecule has 0 aliphatic carbocycles. The number of hydrogen-bond acceptors (Lipinski definition) is 5. The van der Waals surface area contributed by atoms with Crippen molar-refractivity contribution in [2.24, 2.45) is 0 Å². The highest BCUT2D eigenvalue weighted by atomic mass is 35.5. The van der Waals surface area contributed by atoms with E-state index in [4.69, 9.17) is 17.3 Å². The minimum absolute atomic E-state index is 0.151. The van der Waals surface area contributed by atoms with Gasteiger partial charge in [0.05, 0.1) is 23.8 Å². The van der Waals surface area contributed by atoms with Gasteiger partial charge in [-0.2, -0.15) is 0 Å². The zero-order valence-electron chi connectivity index (χ0n) is 8.94. The Morgan fingerprint density at radius 3 is 2.65 bits per heavy atom. The molecule has 90 valence electrons. The Morgan fingerprint density at radius 1 is 1.35 bits per heavy atom. The normalized spacial score (nSPS) is 17.0. The number of nitrogens with zero attached hydrogens (tertiary/aromatic N) is 2. The lowest BCUT2D eigenvalue weighted by Crippen LogP contribution is -2.51. The molecule has 0 spiro atoms. The monoisotopic (exact) mass is 254 g/mol. The highest BCUT2D eigenvalue weighted by Gasteiger charge is 2.23. The molecule has 1 aliphatic rings. The molecular formula is C10H11ClN4O2. The summed E-state index contributed by atoms with van der Waals surface area (Å²) in [6.07, 6.45) is 0. The minimum Gasteiger partial charge on any atom is -0.384 e. The first kappa shape index (κ1) is 11.8. The molecular weight excluding hydrogens is 244 g/mol. The number of aromatic nitrogens is 1. The fourth-order valence-corrected chi connectivity index (χ4v) is 1.80. The van der Waals surface area contributed by atoms with Crippen LogP contribution in [0, 0.1) is 0 Å². The summed E-state index contributed by atoms with van der Waals surface area (Å²) in [5, 5.41) is 2.69. The predicted molar refractivity (Wildman–Crippen MR) is 62.1 cm³/mol. The Balaban J connectivity index is 2.12. The number of nitrogens with two attached hydrogens (primary N) is 1. The van der Waals surface area contributed by atoms with Crippen LogP contribution in [-0.4, -0.2) is 34.8 Å². The Bertz CT molecular complexity index is 461. The van der Waals surface area contributed by atoms with Crippen molar-refractivity contribution in [3.63, 3.8) is 0 Å². The van der Waals surface area contributed by atoms with E-state index in [1.54, 1.807) is 17.0 Å². The van der Waals surface area contributed by atoms with E-state index in [9.17, 15) is 9.59 Å². The minimum atomic E-state index is -0.318. The highest BCUT2D eigenvalue weighted by molar-refractivity contribution is 6.31. The van der Waals surface area contributed by atoms with Crippen molar-refractivity contribution in [3.05, 3.63) is 22.8 Å². The smallest absolute Gasteiger partial charge is 0.240 e. The lowest BCUT2D eigenvalue weighted by Gasteiger charge is -2.25. The summed E-state index contributed by atoms with van der Waals surface area (Å²) in [6.45, 7) is 0.625. The molecule has 0 saturated carbocycles. The number of imide groups is 1. The first-order valence-electron chi connectivity index (χ1n) is 5.00. The lowest BCUT2D eigenvalue weighted by atomic mass is 10.3. The number of carbonyl (C=O) groups excluding carboxylic acids is 2. The third-order valence-corrected chi connectivity index (χ3v) is 2.67. The first-order valence-corrected chi connectivity index (χ1v) is 5.38. The summed E-state index contributed by atoms with van der Waals surface area (Å²) in [5.74, 6) is -0.278. The number of piperazine rings is 1. The SMILES string of the molecule is Nc1ccc(Cl)c(CN2CC(=O)NC(=O)C2)n1. The Kier molecular flexibility index (Phi) is 3.26. The molecule has 2 heterocycles. The summed E-state index contributed by atoms with van der Waals surface area (Å²) in [4.78, 5) is 28.1. The molecule has 1 saturated heterocycles. The molecule has 7 heteroatoms. The van der Waals surface area contributed by atoms with Crippen LogP contribution in [0.25, 0.3) is 0 Å². The van der Waals surface area contributed by atoms with Gasteiger partial charge in [-0.05, 0) is 12.1 Å². The third kappa shape index (κ3) is 2.92. The van der Waals surface area contributed by atoms with Crippen LogP contribution in [-0.2, 0) is 16.1 Å². The van der Waals surface area contributed by atoms with E-state index >= 15 is 0 Å². The Hall–Kier alpha value is -1.66. The molecule has 0 radical (unpaired) electrons. The standard InChI is InChI=1S/C10H11ClN4O2/c11-6-1-2-8(12)13-7(6)3-15-4-9(16)14-10(17)5-15/h1-2H,3-5H2,(H2,12,13)(H,14,16,17). The number of nitrogens with one attached hydrogen (secondary N) is 1. The van der Waals surface area contributed by atoms with E-state index in [1.807, 2.05) is 0 Å². The van der Waals surface area contributed by atoms with E-state index < -0.39 is 0 Å². The number of hydrogen-bond donors (Lipinski definition) is 2. The van der Waals surface area contributed by atoms with E-state index in [0.29, 0.717) is 23.1 Å². The molecule has 6 nitrogen and oxygen atoms in total. The zero-order valence-corrected chi connectivity index (χ0v) is 9.70. The summed E-state index contributed by atoms with van der Waals surface area (Å²) < 4.78 is 0. The average molecular weight is 255 g/mol. The zero-order chi connectivity index (χ0) is 12.4. The van der Waals surface area contributed by atoms with Crippen LogP contribution in [0.15, 0.2) is 12.1 Å². The van der Waals surface area contributed by atoms with Crippen molar-refractivity contribution in [3.8, 4) is 0 Å². The molecule has 0 atom stereocenters. The van der Waals surface area contributed by atoms with Crippen molar-refractivity contribution in [1.82, 2.24) is 15.2 Å². The van der Waals surface area contributed by atoms with Crippen LogP contribution >= 0.6 is 11.6 Å². The van der Waals surface area contributed by atoms with Gasteiger partial charge in [0, 0.05) is 6.54 Å². The van der Waals surface area contributed by atoms with Crippen LogP contribution in [0.3, 0.4) is 0 Å². The molecule has 0 unspecified atom stereocenters. The highest BCUT2D eigenvalue weighted by Crippen LogP contribution is 2.17. The van der Waals surface area contributed by atoms with Crippen molar-refractivity contribution < 1.29 is 9.59 Å². The summed E-state index contributed by atoms with van der Waals surface area (Å²) in [6, 6.07) is 3.24. The maximum Gasteiger partial charge on any atom is 0.240 e. The quantitative estimate of drug-likeness (QED) is 0.712. The van der Waals surface area contributed by atoms with Crippen molar-refractivity contribution in [2.45, 2.75) is 6.54 Å². The molecule has 3 N–H and O–H groups in total. The van der Waals surface area contributed by atoms with Crippen LogP contribution in [0.5, 0.6) is 0 Å². The molecule has 0 bridgehead atoms. The number of carbonyl (C=O) groups is 2. The molecule has 0 aromatic carbocycles. The predicted octanol–water partition coefficient (Wildman–Crippen LogP) is -0.224. The molecule has 1 fully saturated rings. The van der Waals surface area contributed by atoms with E-state index in [0.717, 1.165) is 0 Å². The van der Waals surface area contributed by atoms with Gasteiger partial charge in [0.2, 0.25) is 11.8 Å². The van der Waals surface area contributed by atoms with Gasteiger partial charge in [-0.3, -0.25) is 19.8 Å². The average Bonchev–Trinajstić information content (AvgIpc) is 2.22. The van der Waals surface area contributed by atoms with Gasteiger partial charge in [-0.1, -0.05) is 11.6 Å². The van der Waals surface area contributed by atoms with Gasteiger partial charge in [0.1, 0.15) is 5.82 Å². The number of nitrogen functional groups attached to an aromatic ring is 1. The molecule has 1 aliphatic heterocycles. The molecule has 2 amide bonds. The van der Waals surface area contributed by atoms with Gasteiger partial charge in [0.25, 0.3) is 0 Å². The number of amides is 2. The molecule has 1 aromatic rings. The van der Waals surface area contributed by atoms with Crippen LogP contribution in [0.4, 0.5) is 5.82 Å². The molecule has 1 aromatic heterocycles. The van der Waals surface area contributed by atoms with E-state index in [-0.39, 0.29) is 24.9 Å². The van der Waals surface area contributed by atoms with E-state index in [2.05, 4.69) is 10.3 Å². The maximum atomic E-state index is 11.2. The number of anilines is 1. The number of pyridine rings is 1. The van der Waals surface area contributed by atoms with E-state index in [1.165, 1.54) is 0 Å². The van der Waals surface area contributed by atoms with Crippen LogP contribution in [0.1, 0.15) is 5.69 Å². The fraction of sp³-hybridized carbons (Fsp3) is 0.300. The van der Waals surface area contributed by atoms with Crippen molar-refractivity contribution in [1.29, 1.82) is 0 Å². The maximum absolute atomic E-state index is 11.2. The van der Waals surface area contributed by atoms with Crippen LogP contribution < -0.4 is 11.1 Å². The van der Waals surface area contributed by atoms with Crippen LogP contribution in [0.2, 0.25) is 5.02 Å². The summed E-state index contributed by atoms with van der Waals surface area (Å²) in [7, 11) is 0. The lowest BCUT2D eigenvalue weighted by molar-refractivity contribution is -0.136. The Morgan fingerprint density at radius 2 is 2.00 bits per heavy atom. The second-order valence-corrected chi connectivity index (χ2v) is 4.19. The second kappa shape index (κ2) is 4.68. The van der Waals surface area contributed by atoms with Gasteiger partial charge < -0.3 is 5.73 Å². The van der Waals surface area contributed by atoms with Gasteiger partial charge in [-0.15, -0.1) is 0 Å². The largest absolute Gasteiger partial charge is 0.384 e. The second-order valence-electron chi connectivity index (χ2n) is 3.78. The Labute approximate surface area is 103 Å². The number of rotatable bonds is 2. The van der Waals surface area contributed by atoms with Crippen molar-refractivity contribution in [2.75, 3.05) is 18.8 Å². The van der Waals surface area contributed by atoms with Gasteiger partial charge >= 0.3 is 0 Å². The molecule has 17 heavy (non-hydrogen) atoms. The van der Waals surface area contributed by atoms with Crippen molar-refractivity contribution >= 4 is 29.2 Å². The summed E-state index contributed by atoms with van der Waals surface area (Å²) >= 11 is 5.96. The topological polar surface area (TPSA) is 88.3 Å². The fourth-order valence-electron chi connectivity index (χ4n) is 1.63. The summed E-state index contributed by atoms with van der Waals surface area (Å²) in [5.41, 5.74) is 6.12. The third-order valence-electron chi connectivity index (χ3n) is 2.33. The molecule has 2 rings (SSSR count). The number of halogens is 1.